The Labute approximate surface area is 157 Å². The van der Waals surface area contributed by atoms with Gasteiger partial charge < -0.3 is 10.2 Å². The van der Waals surface area contributed by atoms with E-state index < -0.39 is 0 Å². The molecule has 3 aromatic heterocycles. The number of benzene rings is 1. The van der Waals surface area contributed by atoms with Gasteiger partial charge in [0, 0.05) is 17.6 Å². The molecule has 140 valence electrons. The minimum absolute atomic E-state index is 0.633. The van der Waals surface area contributed by atoms with Crippen LogP contribution >= 0.6 is 0 Å². The van der Waals surface area contributed by atoms with E-state index in [1.165, 1.54) is 0 Å². The Balaban J connectivity index is 1.52. The first-order chi connectivity index (χ1) is 13.3. The average molecular weight is 364 g/mol. The summed E-state index contributed by atoms with van der Waals surface area (Å²) < 4.78 is 1.98. The van der Waals surface area contributed by atoms with Crippen molar-refractivity contribution in [1.29, 1.82) is 0 Å². The molecule has 0 spiro atoms. The van der Waals surface area contributed by atoms with Gasteiger partial charge in [-0.3, -0.25) is 9.67 Å². The summed E-state index contributed by atoms with van der Waals surface area (Å²) in [5.74, 6) is 0.633. The molecular formula is C19H24N8. The summed E-state index contributed by atoms with van der Waals surface area (Å²) in [4.78, 5) is 15.9. The quantitative estimate of drug-likeness (QED) is 0.468. The van der Waals surface area contributed by atoms with Crippen molar-refractivity contribution < 1.29 is 0 Å². The summed E-state index contributed by atoms with van der Waals surface area (Å²) in [5.41, 5.74) is 3.57. The van der Waals surface area contributed by atoms with E-state index in [2.05, 4.69) is 55.3 Å². The van der Waals surface area contributed by atoms with Gasteiger partial charge in [0.2, 0.25) is 5.95 Å². The van der Waals surface area contributed by atoms with Crippen molar-refractivity contribution in [3.8, 4) is 5.69 Å². The van der Waals surface area contributed by atoms with Crippen LogP contribution in [0.4, 0.5) is 5.95 Å². The maximum absolute atomic E-state index is 4.68. The Hall–Kier alpha value is -3.00. The lowest BCUT2D eigenvalue weighted by molar-refractivity contribution is 0.303. The van der Waals surface area contributed by atoms with Crippen LogP contribution in [0.15, 0.2) is 36.9 Å². The molecule has 3 heterocycles. The van der Waals surface area contributed by atoms with E-state index in [4.69, 9.17) is 0 Å². The first-order valence-electron chi connectivity index (χ1n) is 9.38. The van der Waals surface area contributed by atoms with Gasteiger partial charge in [0.25, 0.3) is 0 Å². The molecule has 0 amide bonds. The minimum atomic E-state index is 0.633. The second-order valence-electron chi connectivity index (χ2n) is 6.47. The van der Waals surface area contributed by atoms with Crippen molar-refractivity contribution in [2.75, 3.05) is 31.5 Å². The van der Waals surface area contributed by atoms with Crippen LogP contribution in [0.2, 0.25) is 0 Å². The van der Waals surface area contributed by atoms with Crippen molar-refractivity contribution in [3.63, 3.8) is 0 Å². The van der Waals surface area contributed by atoms with Crippen LogP contribution in [0.1, 0.15) is 20.3 Å². The van der Waals surface area contributed by atoms with Gasteiger partial charge >= 0.3 is 0 Å². The number of hydrogen-bond acceptors (Lipinski definition) is 6. The Bertz CT molecular complexity index is 1030. The summed E-state index contributed by atoms with van der Waals surface area (Å²) in [6.07, 6.45) is 6.42. The van der Waals surface area contributed by atoms with Crippen LogP contribution in [0.3, 0.4) is 0 Å². The van der Waals surface area contributed by atoms with Crippen LogP contribution in [0, 0.1) is 0 Å². The van der Waals surface area contributed by atoms with Crippen molar-refractivity contribution in [2.45, 2.75) is 20.3 Å². The number of anilines is 1. The number of fused-ring (bicyclic) bond motifs is 2. The Morgan fingerprint density at radius 1 is 1.15 bits per heavy atom. The van der Waals surface area contributed by atoms with Gasteiger partial charge in [-0.1, -0.05) is 13.8 Å². The highest BCUT2D eigenvalue weighted by Crippen LogP contribution is 2.20. The zero-order valence-corrected chi connectivity index (χ0v) is 15.7. The van der Waals surface area contributed by atoms with Gasteiger partial charge in [-0.2, -0.15) is 10.1 Å². The van der Waals surface area contributed by atoms with E-state index in [-0.39, 0.29) is 0 Å². The molecule has 8 nitrogen and oxygen atoms in total. The van der Waals surface area contributed by atoms with E-state index in [9.17, 15) is 0 Å². The number of imidazole rings is 1. The van der Waals surface area contributed by atoms with Crippen LogP contribution in [-0.4, -0.2) is 60.8 Å². The maximum atomic E-state index is 4.68. The third kappa shape index (κ3) is 3.61. The van der Waals surface area contributed by atoms with Gasteiger partial charge in [0.15, 0.2) is 5.65 Å². The first-order valence-corrected chi connectivity index (χ1v) is 9.38. The van der Waals surface area contributed by atoms with E-state index in [0.717, 1.165) is 60.4 Å². The molecule has 4 rings (SSSR count). The fourth-order valence-corrected chi connectivity index (χ4v) is 3.21. The van der Waals surface area contributed by atoms with Crippen molar-refractivity contribution in [3.05, 3.63) is 36.9 Å². The predicted molar refractivity (Wildman–Crippen MR) is 107 cm³/mol. The Morgan fingerprint density at radius 3 is 2.89 bits per heavy atom. The second-order valence-corrected chi connectivity index (χ2v) is 6.47. The van der Waals surface area contributed by atoms with Gasteiger partial charge in [0.1, 0.15) is 11.8 Å². The maximum Gasteiger partial charge on any atom is 0.224 e. The molecule has 8 heteroatoms. The molecule has 0 aliphatic heterocycles. The lowest BCUT2D eigenvalue weighted by atomic mass is 10.2. The fourth-order valence-electron chi connectivity index (χ4n) is 3.21. The molecule has 0 atom stereocenters. The minimum Gasteiger partial charge on any atom is -0.354 e. The van der Waals surface area contributed by atoms with E-state index in [1.807, 2.05) is 22.9 Å². The van der Waals surface area contributed by atoms with Gasteiger partial charge in [-0.05, 0) is 44.3 Å². The highest BCUT2D eigenvalue weighted by Gasteiger charge is 2.09. The summed E-state index contributed by atoms with van der Waals surface area (Å²) >= 11 is 0. The molecule has 0 bridgehead atoms. The molecule has 0 unspecified atom stereocenters. The van der Waals surface area contributed by atoms with Crippen molar-refractivity contribution >= 4 is 28.0 Å². The summed E-state index contributed by atoms with van der Waals surface area (Å²) in [7, 11) is 0. The van der Waals surface area contributed by atoms with Gasteiger partial charge in [-0.25, -0.2) is 9.97 Å². The number of aromatic amines is 1. The number of H-pyrrole nitrogens is 1. The predicted octanol–water partition coefficient (Wildman–Crippen LogP) is 2.84. The molecule has 0 saturated carbocycles. The Morgan fingerprint density at radius 2 is 2.04 bits per heavy atom. The Kier molecular flexibility index (Phi) is 4.97. The molecule has 0 aliphatic rings. The summed E-state index contributed by atoms with van der Waals surface area (Å²) in [6, 6.07) is 6.11. The standard InChI is InChI=1S/C19H24N8/c1-3-26(4-2)9-5-8-20-19-21-12-17-18(24-19)27(13-22-17)15-6-7-16-14(10-15)11-23-25-16/h6-7,10-13H,3-5,8-9H2,1-2H3,(H,23,25)(H,20,21,24). The van der Waals surface area contributed by atoms with E-state index in [0.29, 0.717) is 5.95 Å². The number of nitrogens with zero attached hydrogens (tertiary/aromatic N) is 6. The van der Waals surface area contributed by atoms with Crippen LogP contribution in [-0.2, 0) is 0 Å². The van der Waals surface area contributed by atoms with E-state index >= 15 is 0 Å². The molecule has 4 aromatic rings. The number of nitrogens with one attached hydrogen (secondary N) is 2. The summed E-state index contributed by atoms with van der Waals surface area (Å²) in [6.45, 7) is 8.46. The van der Waals surface area contributed by atoms with E-state index in [1.54, 1.807) is 12.5 Å². The van der Waals surface area contributed by atoms with Crippen molar-refractivity contribution in [1.82, 2.24) is 34.6 Å². The smallest absolute Gasteiger partial charge is 0.224 e. The van der Waals surface area contributed by atoms with Gasteiger partial charge in [-0.15, -0.1) is 0 Å². The fraction of sp³-hybridized carbons (Fsp3) is 0.368. The molecule has 1 aromatic carbocycles. The van der Waals surface area contributed by atoms with Gasteiger partial charge in [0.05, 0.1) is 17.9 Å². The molecule has 0 aliphatic carbocycles. The highest BCUT2D eigenvalue weighted by molar-refractivity contribution is 5.81. The van der Waals surface area contributed by atoms with Crippen LogP contribution in [0.25, 0.3) is 27.8 Å². The lowest BCUT2D eigenvalue weighted by Gasteiger charge is -2.17. The average Bonchev–Trinajstić information content (AvgIpc) is 3.34. The molecule has 2 N–H and O–H groups in total. The second kappa shape index (κ2) is 7.71. The SMILES string of the molecule is CCN(CC)CCCNc1ncc2ncn(-c3ccc4[nH]ncc4c3)c2n1. The monoisotopic (exact) mass is 364 g/mol. The molecule has 0 radical (unpaired) electrons. The number of aromatic nitrogens is 6. The molecule has 27 heavy (non-hydrogen) atoms. The third-order valence-corrected chi connectivity index (χ3v) is 4.82. The lowest BCUT2D eigenvalue weighted by Crippen LogP contribution is -2.25. The zero-order chi connectivity index (χ0) is 18.6. The zero-order valence-electron chi connectivity index (χ0n) is 15.7. The molecule has 0 fully saturated rings. The van der Waals surface area contributed by atoms with Crippen LogP contribution < -0.4 is 5.32 Å². The topological polar surface area (TPSA) is 87.5 Å². The largest absolute Gasteiger partial charge is 0.354 e. The highest BCUT2D eigenvalue weighted by atomic mass is 15.2. The first kappa shape index (κ1) is 17.4. The number of hydrogen-bond donors (Lipinski definition) is 2. The molecule has 0 saturated heterocycles. The van der Waals surface area contributed by atoms with Crippen molar-refractivity contribution in [2.24, 2.45) is 0 Å². The van der Waals surface area contributed by atoms with Crippen LogP contribution in [0.5, 0.6) is 0 Å². The normalized spacial score (nSPS) is 11.7. The molecular weight excluding hydrogens is 340 g/mol. The number of rotatable bonds is 8. The summed E-state index contributed by atoms with van der Waals surface area (Å²) in [5, 5.41) is 11.4. The third-order valence-electron chi connectivity index (χ3n) is 4.82.